The molecule has 0 aliphatic carbocycles. The molecular weight excluding hydrogens is 529 g/mol. The van der Waals surface area contributed by atoms with E-state index in [0.717, 1.165) is 83.3 Å². The van der Waals surface area contributed by atoms with Crippen molar-refractivity contribution in [3.63, 3.8) is 0 Å². The lowest BCUT2D eigenvalue weighted by molar-refractivity contribution is -0.135. The van der Waals surface area contributed by atoms with Crippen molar-refractivity contribution in [1.29, 1.82) is 0 Å². The van der Waals surface area contributed by atoms with Crippen molar-refractivity contribution in [3.05, 3.63) is 29.8 Å². The molecule has 1 amide bonds. The highest BCUT2D eigenvalue weighted by Crippen LogP contribution is 2.15. The molecule has 3 rings (SSSR count). The van der Waals surface area contributed by atoms with Gasteiger partial charge in [-0.05, 0) is 50.8 Å². The second-order valence-electron chi connectivity index (χ2n) is 8.35. The number of carbonyl (C=O) groups excluding carboxylic acids is 1. The first kappa shape index (κ1) is 27.3. The maximum Gasteiger partial charge on any atom is 0.239 e. The minimum atomic E-state index is -0.0395. The van der Waals surface area contributed by atoms with Gasteiger partial charge >= 0.3 is 0 Å². The summed E-state index contributed by atoms with van der Waals surface area (Å²) in [4.78, 5) is 24.2. The van der Waals surface area contributed by atoms with E-state index in [-0.39, 0.29) is 42.5 Å². The van der Waals surface area contributed by atoms with Gasteiger partial charge < -0.3 is 19.9 Å². The lowest BCUT2D eigenvalue weighted by atomic mass is 10.1. The van der Waals surface area contributed by atoms with E-state index >= 15 is 0 Å². The normalized spacial score (nSPS) is 17.8. The molecule has 0 aromatic heterocycles. The number of rotatable bonds is 8. The van der Waals surface area contributed by atoms with Gasteiger partial charge in [-0.2, -0.15) is 0 Å². The zero-order chi connectivity index (χ0) is 22.8. The van der Waals surface area contributed by atoms with Crippen LogP contribution in [0.2, 0.25) is 0 Å². The van der Waals surface area contributed by atoms with Crippen molar-refractivity contribution in [2.45, 2.75) is 39.2 Å². The van der Waals surface area contributed by atoms with Crippen LogP contribution in [0.5, 0.6) is 5.75 Å². The minimum absolute atomic E-state index is 0. The fraction of sp³-hybridized carbons (Fsp3) is 0.600. The monoisotopic (exact) mass is 567 g/mol. The molecule has 0 spiro atoms. The van der Waals surface area contributed by atoms with E-state index in [0.29, 0.717) is 0 Å². The third-order valence-electron chi connectivity index (χ3n) is 6.18. The average Bonchev–Trinajstić information content (AvgIpc) is 3.37. The zero-order valence-electron chi connectivity index (χ0n) is 20.0. The zero-order valence-corrected chi connectivity index (χ0v) is 22.3. The number of halogens is 1. The van der Waals surface area contributed by atoms with E-state index in [2.05, 4.69) is 47.0 Å². The molecule has 2 aliphatic rings. The molecule has 2 heterocycles. The van der Waals surface area contributed by atoms with Crippen molar-refractivity contribution < 1.29 is 9.53 Å². The Bertz CT molecular complexity index is 794. The fourth-order valence-electron chi connectivity index (χ4n) is 4.27. The summed E-state index contributed by atoms with van der Waals surface area (Å²) in [6.45, 7) is 11.3. The van der Waals surface area contributed by atoms with Gasteiger partial charge in [0.25, 0.3) is 0 Å². The molecule has 1 aromatic rings. The molecule has 1 unspecified atom stereocenters. The van der Waals surface area contributed by atoms with Gasteiger partial charge in [0.05, 0.1) is 6.04 Å². The lowest BCUT2D eigenvalue weighted by Crippen LogP contribution is -2.57. The quantitative estimate of drug-likeness (QED) is 0.227. The Labute approximate surface area is 215 Å². The van der Waals surface area contributed by atoms with Crippen molar-refractivity contribution in [2.75, 3.05) is 59.0 Å². The number of carbonyl (C=O) groups is 1. The highest BCUT2D eigenvalue weighted by Gasteiger charge is 2.30. The van der Waals surface area contributed by atoms with Crippen molar-refractivity contribution in [2.24, 2.45) is 4.99 Å². The number of benzene rings is 1. The Morgan fingerprint density at radius 1 is 1.12 bits per heavy atom. The minimum Gasteiger partial charge on any atom is -0.481 e. The molecule has 33 heavy (non-hydrogen) atoms. The summed E-state index contributed by atoms with van der Waals surface area (Å²) in [5.74, 6) is 4.51. The van der Waals surface area contributed by atoms with Crippen molar-refractivity contribution in [3.8, 4) is 18.1 Å². The van der Waals surface area contributed by atoms with Gasteiger partial charge in [0.15, 0.2) is 5.96 Å². The third kappa shape index (κ3) is 8.07. The van der Waals surface area contributed by atoms with Crippen LogP contribution in [-0.4, -0.2) is 91.6 Å². The molecule has 0 radical (unpaired) electrons. The summed E-state index contributed by atoms with van der Waals surface area (Å²) >= 11 is 0. The standard InChI is InChI=1S/C25H37N5O2.HI/c1-4-20-32-23-10-8-22(9-11-23)12-13-27-25(26-5-2)30-18-16-28(17-19-30)21(3)24(31)29-14-6-7-15-29;/h1,8-11,21H,5-7,12-20H2,2-3H3,(H,26,27);1H. The van der Waals surface area contributed by atoms with Gasteiger partial charge in [0.2, 0.25) is 5.91 Å². The molecule has 2 saturated heterocycles. The first-order valence-corrected chi connectivity index (χ1v) is 11.8. The highest BCUT2D eigenvalue weighted by atomic mass is 127. The topological polar surface area (TPSA) is 60.4 Å². The lowest BCUT2D eigenvalue weighted by Gasteiger charge is -2.39. The fourth-order valence-corrected chi connectivity index (χ4v) is 4.27. The second kappa shape index (κ2) is 14.3. The number of terminal acetylenes is 1. The van der Waals surface area contributed by atoms with Crippen molar-refractivity contribution >= 4 is 35.8 Å². The predicted molar refractivity (Wildman–Crippen MR) is 144 cm³/mol. The summed E-state index contributed by atoms with van der Waals surface area (Å²) in [7, 11) is 0. The van der Waals surface area contributed by atoms with E-state index in [9.17, 15) is 4.79 Å². The van der Waals surface area contributed by atoms with E-state index in [1.54, 1.807) is 0 Å². The number of guanidine groups is 1. The molecule has 182 valence electrons. The first-order valence-electron chi connectivity index (χ1n) is 11.8. The van der Waals surface area contributed by atoms with Crippen molar-refractivity contribution in [1.82, 2.24) is 20.0 Å². The number of hydrogen-bond acceptors (Lipinski definition) is 4. The maximum absolute atomic E-state index is 12.7. The Balaban J connectivity index is 0.00000385. The summed E-state index contributed by atoms with van der Waals surface area (Å²) < 4.78 is 5.43. The number of nitrogens with zero attached hydrogens (tertiary/aromatic N) is 4. The van der Waals surface area contributed by atoms with Crippen LogP contribution in [0, 0.1) is 12.3 Å². The summed E-state index contributed by atoms with van der Waals surface area (Å²) in [5, 5.41) is 3.43. The molecule has 2 fully saturated rings. The van der Waals surface area contributed by atoms with Crippen LogP contribution in [-0.2, 0) is 11.2 Å². The number of amides is 1. The average molecular weight is 568 g/mol. The molecule has 7 nitrogen and oxygen atoms in total. The van der Waals surface area contributed by atoms with E-state index < -0.39 is 0 Å². The van der Waals surface area contributed by atoms with Crippen LogP contribution in [0.3, 0.4) is 0 Å². The van der Waals surface area contributed by atoms with Gasteiger partial charge in [0, 0.05) is 52.4 Å². The number of nitrogens with one attached hydrogen (secondary N) is 1. The SMILES string of the molecule is C#CCOc1ccc(CCN=C(NCC)N2CCN(C(C)C(=O)N3CCCC3)CC2)cc1.I. The molecule has 2 aliphatic heterocycles. The van der Waals surface area contributed by atoms with Crippen LogP contribution in [0.1, 0.15) is 32.3 Å². The summed E-state index contributed by atoms with van der Waals surface area (Å²) in [6.07, 6.45) is 8.37. The van der Waals surface area contributed by atoms with E-state index in [1.807, 2.05) is 17.0 Å². The molecule has 1 aromatic carbocycles. The summed E-state index contributed by atoms with van der Waals surface area (Å²) in [6, 6.07) is 7.98. The van der Waals surface area contributed by atoms with Gasteiger partial charge in [-0.3, -0.25) is 14.7 Å². The van der Waals surface area contributed by atoms with Crippen LogP contribution >= 0.6 is 24.0 Å². The Morgan fingerprint density at radius 3 is 2.39 bits per heavy atom. The smallest absolute Gasteiger partial charge is 0.239 e. The Morgan fingerprint density at radius 2 is 1.79 bits per heavy atom. The highest BCUT2D eigenvalue weighted by molar-refractivity contribution is 14.0. The number of piperazine rings is 1. The number of likely N-dealkylation sites (tertiary alicyclic amines) is 1. The molecule has 0 saturated carbocycles. The maximum atomic E-state index is 12.7. The summed E-state index contributed by atoms with van der Waals surface area (Å²) in [5.41, 5.74) is 1.22. The third-order valence-corrected chi connectivity index (χ3v) is 6.18. The van der Waals surface area contributed by atoms with Gasteiger partial charge in [-0.25, -0.2) is 0 Å². The molecule has 8 heteroatoms. The predicted octanol–water partition coefficient (Wildman–Crippen LogP) is 2.45. The number of aliphatic imine (C=N–C) groups is 1. The van der Waals surface area contributed by atoms with Crippen LogP contribution < -0.4 is 10.1 Å². The van der Waals surface area contributed by atoms with Gasteiger partial charge in [0.1, 0.15) is 12.4 Å². The van der Waals surface area contributed by atoms with E-state index in [4.69, 9.17) is 16.2 Å². The molecule has 1 N–H and O–H groups in total. The van der Waals surface area contributed by atoms with Crippen LogP contribution in [0.15, 0.2) is 29.3 Å². The molecule has 0 bridgehead atoms. The van der Waals surface area contributed by atoms with Gasteiger partial charge in [-0.15, -0.1) is 30.4 Å². The van der Waals surface area contributed by atoms with Gasteiger partial charge in [-0.1, -0.05) is 18.1 Å². The largest absolute Gasteiger partial charge is 0.481 e. The second-order valence-corrected chi connectivity index (χ2v) is 8.35. The van der Waals surface area contributed by atoms with E-state index in [1.165, 1.54) is 5.56 Å². The van der Waals surface area contributed by atoms with Crippen LogP contribution in [0.4, 0.5) is 0 Å². The molecular formula is C25H38IN5O2. The number of hydrogen-bond donors (Lipinski definition) is 1. The van der Waals surface area contributed by atoms with Crippen LogP contribution in [0.25, 0.3) is 0 Å². The molecule has 1 atom stereocenters. The first-order chi connectivity index (χ1) is 15.6. The Kier molecular flexibility index (Phi) is 11.8. The Hall–Kier alpha value is -1.99. The number of ether oxygens (including phenoxy) is 1.